The van der Waals surface area contributed by atoms with Gasteiger partial charge < -0.3 is 10.5 Å². The third-order valence-electron chi connectivity index (χ3n) is 1.47. The summed E-state index contributed by atoms with van der Waals surface area (Å²) in [6, 6.07) is 0. The molecule has 0 unspecified atom stereocenters. The Kier molecular flexibility index (Phi) is 4.11. The molecule has 3 heteroatoms. The summed E-state index contributed by atoms with van der Waals surface area (Å²) >= 11 is 0. The summed E-state index contributed by atoms with van der Waals surface area (Å²) in [6.45, 7) is 6.21. The van der Waals surface area contributed by atoms with Crippen LogP contribution in [-0.4, -0.2) is 18.1 Å². The summed E-state index contributed by atoms with van der Waals surface area (Å²) in [7, 11) is 0. The molecule has 0 spiro atoms. The number of esters is 1. The minimum absolute atomic E-state index is 0.245. The fraction of sp³-hybridized carbons (Fsp3) is 0.875. The van der Waals surface area contributed by atoms with E-state index < -0.39 is 5.54 Å². The molecule has 0 aromatic heterocycles. The summed E-state index contributed by atoms with van der Waals surface area (Å²) in [4.78, 5) is 10.8. The smallest absolute Gasteiger partial charge is 0.326 e. The maximum atomic E-state index is 10.8. The fourth-order valence-corrected chi connectivity index (χ4v) is 0.614. The Balaban J connectivity index is 0.000000461. The summed E-state index contributed by atoms with van der Waals surface area (Å²) in [6.07, 6.45) is 1.57. The average Bonchev–Trinajstić information content (AvgIpc) is 2.74. The molecule has 1 saturated carbocycles. The zero-order valence-electron chi connectivity index (χ0n) is 7.52. The predicted molar refractivity (Wildman–Crippen MR) is 44.1 cm³/mol. The normalized spacial score (nSPS) is 17.8. The highest BCUT2D eigenvalue weighted by molar-refractivity contribution is 5.83. The van der Waals surface area contributed by atoms with Crippen LogP contribution in [0.3, 0.4) is 0 Å². The van der Waals surface area contributed by atoms with Gasteiger partial charge in [-0.05, 0) is 19.8 Å². The fourth-order valence-electron chi connectivity index (χ4n) is 0.614. The number of hydrogen-bond acceptors (Lipinski definition) is 3. The average molecular weight is 159 g/mol. The monoisotopic (exact) mass is 159 g/mol. The minimum atomic E-state index is -0.601. The van der Waals surface area contributed by atoms with Crippen molar-refractivity contribution in [2.24, 2.45) is 5.73 Å². The molecule has 11 heavy (non-hydrogen) atoms. The molecule has 1 fully saturated rings. The number of hydrogen-bond donors (Lipinski definition) is 1. The SMILES string of the molecule is CC.CCOC(=O)C1(N)CC1. The van der Waals surface area contributed by atoms with Gasteiger partial charge in [-0.3, -0.25) is 4.79 Å². The molecule has 0 radical (unpaired) electrons. The van der Waals surface area contributed by atoms with Crippen LogP contribution in [0.4, 0.5) is 0 Å². The molecule has 0 amide bonds. The van der Waals surface area contributed by atoms with Gasteiger partial charge in [-0.25, -0.2) is 0 Å². The Bertz CT molecular complexity index is 130. The van der Waals surface area contributed by atoms with Crippen molar-refractivity contribution >= 4 is 5.97 Å². The highest BCUT2D eigenvalue weighted by atomic mass is 16.5. The van der Waals surface area contributed by atoms with Gasteiger partial charge in [-0.1, -0.05) is 13.8 Å². The van der Waals surface area contributed by atoms with Crippen LogP contribution in [0, 0.1) is 0 Å². The molecule has 0 saturated heterocycles. The third-order valence-corrected chi connectivity index (χ3v) is 1.47. The lowest BCUT2D eigenvalue weighted by Gasteiger charge is -2.05. The van der Waals surface area contributed by atoms with Gasteiger partial charge in [0.2, 0.25) is 0 Å². The highest BCUT2D eigenvalue weighted by Crippen LogP contribution is 2.33. The molecule has 1 aliphatic rings. The van der Waals surface area contributed by atoms with E-state index >= 15 is 0 Å². The molecule has 0 atom stereocenters. The van der Waals surface area contributed by atoms with Crippen molar-refractivity contribution in [2.75, 3.05) is 6.61 Å². The van der Waals surface area contributed by atoms with Crippen molar-refractivity contribution in [3.63, 3.8) is 0 Å². The van der Waals surface area contributed by atoms with Crippen LogP contribution in [0.2, 0.25) is 0 Å². The summed E-state index contributed by atoms with van der Waals surface area (Å²) in [5.74, 6) is -0.245. The van der Waals surface area contributed by atoms with E-state index in [1.165, 1.54) is 0 Å². The first-order chi connectivity index (χ1) is 5.19. The van der Waals surface area contributed by atoms with Gasteiger partial charge >= 0.3 is 5.97 Å². The summed E-state index contributed by atoms with van der Waals surface area (Å²) in [5, 5.41) is 0. The van der Waals surface area contributed by atoms with Crippen molar-refractivity contribution < 1.29 is 9.53 Å². The third kappa shape index (κ3) is 2.89. The largest absolute Gasteiger partial charge is 0.465 e. The van der Waals surface area contributed by atoms with Crippen LogP contribution < -0.4 is 5.73 Å². The second kappa shape index (κ2) is 4.34. The molecular formula is C8H17NO2. The molecule has 0 aromatic carbocycles. The number of carbonyl (C=O) groups is 1. The van der Waals surface area contributed by atoms with Crippen molar-refractivity contribution in [1.29, 1.82) is 0 Å². The molecule has 0 aliphatic heterocycles. The van der Waals surface area contributed by atoms with Crippen LogP contribution in [-0.2, 0) is 9.53 Å². The molecule has 1 aliphatic carbocycles. The van der Waals surface area contributed by atoms with E-state index in [4.69, 9.17) is 10.5 Å². The van der Waals surface area contributed by atoms with Crippen molar-refractivity contribution in [3.8, 4) is 0 Å². The molecule has 66 valence electrons. The Morgan fingerprint density at radius 1 is 1.55 bits per heavy atom. The van der Waals surface area contributed by atoms with Gasteiger partial charge in [-0.2, -0.15) is 0 Å². The van der Waals surface area contributed by atoms with Crippen LogP contribution >= 0.6 is 0 Å². The summed E-state index contributed by atoms with van der Waals surface area (Å²) < 4.78 is 4.70. The van der Waals surface area contributed by atoms with Gasteiger partial charge in [0.05, 0.1) is 6.61 Å². The van der Waals surface area contributed by atoms with E-state index in [9.17, 15) is 4.79 Å². The quantitative estimate of drug-likeness (QED) is 0.613. The summed E-state index contributed by atoms with van der Waals surface area (Å²) in [5.41, 5.74) is 4.90. The maximum Gasteiger partial charge on any atom is 0.326 e. The molecule has 0 bridgehead atoms. The minimum Gasteiger partial charge on any atom is -0.465 e. The van der Waals surface area contributed by atoms with Crippen molar-refractivity contribution in [3.05, 3.63) is 0 Å². The van der Waals surface area contributed by atoms with Crippen molar-refractivity contribution in [2.45, 2.75) is 39.2 Å². The van der Waals surface area contributed by atoms with Gasteiger partial charge in [0.1, 0.15) is 5.54 Å². The first kappa shape index (κ1) is 10.4. The van der Waals surface area contributed by atoms with E-state index in [0.29, 0.717) is 6.61 Å². The Hall–Kier alpha value is -0.570. The highest BCUT2D eigenvalue weighted by Gasteiger charge is 2.47. The molecule has 2 N–H and O–H groups in total. The van der Waals surface area contributed by atoms with Crippen molar-refractivity contribution in [1.82, 2.24) is 0 Å². The first-order valence-electron chi connectivity index (χ1n) is 4.15. The molecule has 0 aromatic rings. The number of ether oxygens (including phenoxy) is 1. The molecule has 1 rings (SSSR count). The Labute approximate surface area is 67.9 Å². The zero-order chi connectivity index (χ0) is 8.91. The molecular weight excluding hydrogens is 142 g/mol. The van der Waals surface area contributed by atoms with E-state index in [2.05, 4.69) is 0 Å². The van der Waals surface area contributed by atoms with E-state index in [1.54, 1.807) is 6.92 Å². The molecule has 0 heterocycles. The second-order valence-electron chi connectivity index (χ2n) is 2.38. The van der Waals surface area contributed by atoms with Gasteiger partial charge in [0.15, 0.2) is 0 Å². The van der Waals surface area contributed by atoms with E-state index in [-0.39, 0.29) is 5.97 Å². The van der Waals surface area contributed by atoms with Crippen LogP contribution in [0.15, 0.2) is 0 Å². The Morgan fingerprint density at radius 2 is 2.00 bits per heavy atom. The zero-order valence-corrected chi connectivity index (χ0v) is 7.52. The lowest BCUT2D eigenvalue weighted by Crippen LogP contribution is -2.34. The lowest BCUT2D eigenvalue weighted by molar-refractivity contribution is -0.145. The van der Waals surface area contributed by atoms with Crippen LogP contribution in [0.5, 0.6) is 0 Å². The van der Waals surface area contributed by atoms with Gasteiger partial charge in [-0.15, -0.1) is 0 Å². The van der Waals surface area contributed by atoms with E-state index in [1.807, 2.05) is 13.8 Å². The molecule has 3 nitrogen and oxygen atoms in total. The topological polar surface area (TPSA) is 52.3 Å². The number of carbonyl (C=O) groups excluding carboxylic acids is 1. The number of rotatable bonds is 2. The first-order valence-corrected chi connectivity index (χ1v) is 4.15. The maximum absolute atomic E-state index is 10.8. The van der Waals surface area contributed by atoms with Gasteiger partial charge in [0.25, 0.3) is 0 Å². The van der Waals surface area contributed by atoms with Crippen LogP contribution in [0.1, 0.15) is 33.6 Å². The predicted octanol–water partition coefficient (Wildman–Crippen LogP) is 1.07. The second-order valence-corrected chi connectivity index (χ2v) is 2.38. The number of nitrogens with two attached hydrogens (primary N) is 1. The van der Waals surface area contributed by atoms with Gasteiger partial charge in [0, 0.05) is 0 Å². The lowest BCUT2D eigenvalue weighted by atomic mass is 10.3. The van der Waals surface area contributed by atoms with E-state index in [0.717, 1.165) is 12.8 Å². The Morgan fingerprint density at radius 3 is 2.27 bits per heavy atom. The standard InChI is InChI=1S/C6H11NO2.C2H6/c1-2-9-5(8)6(7)3-4-6;1-2/h2-4,7H2,1H3;1-2H3. The van der Waals surface area contributed by atoms with Crippen LogP contribution in [0.25, 0.3) is 0 Å².